The highest BCUT2D eigenvalue weighted by molar-refractivity contribution is 5.96. The third-order valence-corrected chi connectivity index (χ3v) is 4.63. The molecule has 0 aliphatic rings. The van der Waals surface area contributed by atoms with Crippen LogP contribution in [0.5, 0.6) is 17.2 Å². The molecule has 2 rings (SSSR count). The largest absolute Gasteiger partial charge is 0.493 e. The second-order valence-electron chi connectivity index (χ2n) is 6.70. The number of hydrogen-bond donors (Lipinski definition) is 1. The van der Waals surface area contributed by atoms with Crippen LogP contribution in [0.4, 0.5) is 0 Å². The highest BCUT2D eigenvalue weighted by atomic mass is 16.5. The molecule has 5 nitrogen and oxygen atoms in total. The lowest BCUT2D eigenvalue weighted by atomic mass is 9.94. The van der Waals surface area contributed by atoms with Crippen LogP contribution < -0.4 is 19.5 Å². The quantitative estimate of drug-likeness (QED) is 0.747. The molecule has 0 unspecified atom stereocenters. The fourth-order valence-electron chi connectivity index (χ4n) is 3.03. The first-order chi connectivity index (χ1) is 12.9. The topological polar surface area (TPSA) is 56.8 Å². The number of methoxy groups -OCH3 is 3. The van der Waals surface area contributed by atoms with Crippen LogP contribution in [0.1, 0.15) is 48.3 Å². The second kappa shape index (κ2) is 9.31. The van der Waals surface area contributed by atoms with Crippen molar-refractivity contribution in [3.8, 4) is 17.2 Å². The van der Waals surface area contributed by atoms with Crippen LogP contribution in [0.2, 0.25) is 0 Å². The fraction of sp³-hybridized carbons (Fsp3) is 0.409. The van der Waals surface area contributed by atoms with E-state index in [2.05, 4.69) is 50.4 Å². The first-order valence-electron chi connectivity index (χ1n) is 9.14. The van der Waals surface area contributed by atoms with Crippen molar-refractivity contribution in [1.82, 2.24) is 5.32 Å². The summed E-state index contributed by atoms with van der Waals surface area (Å²) in [6.07, 6.45) is 0.990. The molecule has 1 N–H and O–H groups in total. The Morgan fingerprint density at radius 1 is 0.963 bits per heavy atom. The molecule has 0 saturated carbocycles. The lowest BCUT2D eigenvalue weighted by molar-refractivity contribution is 0.0924. The molecule has 146 valence electrons. The van der Waals surface area contributed by atoms with E-state index in [1.54, 1.807) is 12.1 Å². The molecule has 0 aromatic heterocycles. The monoisotopic (exact) mass is 371 g/mol. The van der Waals surface area contributed by atoms with Gasteiger partial charge in [0, 0.05) is 5.56 Å². The third-order valence-electron chi connectivity index (χ3n) is 4.63. The minimum atomic E-state index is -0.187. The maximum atomic E-state index is 12.9. The van der Waals surface area contributed by atoms with Crippen LogP contribution in [0, 0.1) is 5.92 Å². The van der Waals surface area contributed by atoms with E-state index < -0.39 is 0 Å². The second-order valence-corrected chi connectivity index (χ2v) is 6.70. The van der Waals surface area contributed by atoms with Gasteiger partial charge >= 0.3 is 0 Å². The summed E-state index contributed by atoms with van der Waals surface area (Å²) < 4.78 is 16.0. The molecule has 0 heterocycles. The number of benzene rings is 2. The van der Waals surface area contributed by atoms with Gasteiger partial charge in [-0.1, -0.05) is 45.0 Å². The first kappa shape index (κ1) is 20.6. The van der Waals surface area contributed by atoms with E-state index >= 15 is 0 Å². The van der Waals surface area contributed by atoms with Gasteiger partial charge in [-0.3, -0.25) is 4.79 Å². The van der Waals surface area contributed by atoms with Gasteiger partial charge in [0.25, 0.3) is 5.91 Å². The van der Waals surface area contributed by atoms with Gasteiger partial charge in [-0.15, -0.1) is 0 Å². The molecular formula is C22H29NO4. The summed E-state index contributed by atoms with van der Waals surface area (Å²) in [6, 6.07) is 11.6. The number of nitrogens with one attached hydrogen (secondary N) is 1. The zero-order chi connectivity index (χ0) is 20.0. The molecule has 0 spiro atoms. The van der Waals surface area contributed by atoms with Crippen molar-refractivity contribution >= 4 is 5.91 Å². The Morgan fingerprint density at radius 3 is 1.93 bits per heavy atom. The number of ether oxygens (including phenoxy) is 3. The highest BCUT2D eigenvalue weighted by Gasteiger charge is 2.22. The maximum absolute atomic E-state index is 12.9. The molecule has 1 amide bonds. The lowest BCUT2D eigenvalue weighted by Crippen LogP contribution is -2.31. The average Bonchev–Trinajstić information content (AvgIpc) is 2.70. The minimum Gasteiger partial charge on any atom is -0.493 e. The molecule has 2 aromatic rings. The number of amides is 1. The Balaban J connectivity index is 2.32. The van der Waals surface area contributed by atoms with Gasteiger partial charge in [-0.2, -0.15) is 0 Å². The van der Waals surface area contributed by atoms with Crippen molar-refractivity contribution in [2.24, 2.45) is 5.92 Å². The van der Waals surface area contributed by atoms with E-state index in [0.717, 1.165) is 12.0 Å². The van der Waals surface area contributed by atoms with Gasteiger partial charge in [-0.25, -0.2) is 0 Å². The zero-order valence-electron chi connectivity index (χ0n) is 17.0. The van der Waals surface area contributed by atoms with Gasteiger partial charge in [0.2, 0.25) is 5.75 Å². The Morgan fingerprint density at radius 2 is 1.52 bits per heavy atom. The van der Waals surface area contributed by atoms with Crippen molar-refractivity contribution < 1.29 is 19.0 Å². The summed E-state index contributed by atoms with van der Waals surface area (Å²) in [5.74, 6) is 1.42. The number of rotatable bonds is 8. The van der Waals surface area contributed by atoms with E-state index in [-0.39, 0.29) is 17.9 Å². The summed E-state index contributed by atoms with van der Waals surface area (Å²) in [4.78, 5) is 12.9. The van der Waals surface area contributed by atoms with Crippen LogP contribution in [0.15, 0.2) is 36.4 Å². The van der Waals surface area contributed by atoms with Crippen molar-refractivity contribution in [3.05, 3.63) is 53.1 Å². The lowest BCUT2D eigenvalue weighted by Gasteiger charge is -2.24. The fourth-order valence-corrected chi connectivity index (χ4v) is 3.03. The van der Waals surface area contributed by atoms with Gasteiger partial charge in [-0.05, 0) is 35.6 Å². The normalized spacial score (nSPS) is 11.8. The van der Waals surface area contributed by atoms with Crippen molar-refractivity contribution in [2.45, 2.75) is 33.2 Å². The van der Waals surface area contributed by atoms with E-state index in [9.17, 15) is 4.79 Å². The third kappa shape index (κ3) is 4.73. The van der Waals surface area contributed by atoms with E-state index in [0.29, 0.717) is 22.8 Å². The van der Waals surface area contributed by atoms with Crippen LogP contribution in [-0.2, 0) is 6.42 Å². The molecule has 0 aliphatic heterocycles. The Labute approximate surface area is 161 Å². The van der Waals surface area contributed by atoms with Crippen LogP contribution >= 0.6 is 0 Å². The number of carbonyl (C=O) groups excluding carboxylic acids is 1. The average molecular weight is 371 g/mol. The molecule has 0 aliphatic carbocycles. The molecule has 0 bridgehead atoms. The Bertz CT molecular complexity index is 743. The molecule has 2 aromatic carbocycles. The van der Waals surface area contributed by atoms with Crippen LogP contribution in [0.25, 0.3) is 0 Å². The van der Waals surface area contributed by atoms with Crippen LogP contribution in [-0.4, -0.2) is 27.2 Å². The summed E-state index contributed by atoms with van der Waals surface area (Å²) in [5, 5.41) is 3.14. The standard InChI is InChI=1S/C22H29NO4/c1-7-15-8-10-16(11-9-15)20(14(2)3)23-22(24)17-12-18(25-4)21(27-6)19(13-17)26-5/h8-14,20H,7H2,1-6H3,(H,23,24)/t20-/m0/s1. The molecule has 5 heteroatoms. The number of carbonyl (C=O) groups is 1. The first-order valence-corrected chi connectivity index (χ1v) is 9.14. The Kier molecular flexibility index (Phi) is 7.11. The minimum absolute atomic E-state index is 0.0949. The number of hydrogen-bond acceptors (Lipinski definition) is 4. The van der Waals surface area contributed by atoms with E-state index in [4.69, 9.17) is 14.2 Å². The molecule has 27 heavy (non-hydrogen) atoms. The Hall–Kier alpha value is -2.69. The van der Waals surface area contributed by atoms with Crippen molar-refractivity contribution in [3.63, 3.8) is 0 Å². The molecule has 1 atom stereocenters. The van der Waals surface area contributed by atoms with Gasteiger partial charge in [0.15, 0.2) is 11.5 Å². The molecular weight excluding hydrogens is 342 g/mol. The summed E-state index contributed by atoms with van der Waals surface area (Å²) in [7, 11) is 4.60. The molecule has 0 fully saturated rings. The van der Waals surface area contributed by atoms with Crippen molar-refractivity contribution in [2.75, 3.05) is 21.3 Å². The molecule has 0 radical (unpaired) electrons. The summed E-state index contributed by atoms with van der Waals surface area (Å²) >= 11 is 0. The predicted molar refractivity (Wildman–Crippen MR) is 107 cm³/mol. The predicted octanol–water partition coefficient (Wildman–Crippen LogP) is 4.40. The van der Waals surface area contributed by atoms with E-state index in [1.165, 1.54) is 26.9 Å². The van der Waals surface area contributed by atoms with Gasteiger partial charge < -0.3 is 19.5 Å². The van der Waals surface area contributed by atoms with E-state index in [1.807, 2.05) is 0 Å². The zero-order valence-corrected chi connectivity index (χ0v) is 17.0. The maximum Gasteiger partial charge on any atom is 0.252 e. The number of aryl methyl sites for hydroxylation is 1. The highest BCUT2D eigenvalue weighted by Crippen LogP contribution is 2.38. The summed E-state index contributed by atoms with van der Waals surface area (Å²) in [6.45, 7) is 6.31. The van der Waals surface area contributed by atoms with Crippen molar-refractivity contribution in [1.29, 1.82) is 0 Å². The van der Waals surface area contributed by atoms with Gasteiger partial charge in [0.1, 0.15) is 0 Å². The van der Waals surface area contributed by atoms with Gasteiger partial charge in [0.05, 0.1) is 27.4 Å². The molecule has 0 saturated heterocycles. The smallest absolute Gasteiger partial charge is 0.252 e. The summed E-state index contributed by atoms with van der Waals surface area (Å²) in [5.41, 5.74) is 2.82. The van der Waals surface area contributed by atoms with Crippen LogP contribution in [0.3, 0.4) is 0 Å². The SMILES string of the molecule is CCc1ccc([C@@H](NC(=O)c2cc(OC)c(OC)c(OC)c2)C(C)C)cc1.